The molecule has 3 aliphatic rings. The maximum Gasteiger partial charge on any atom is 0.246 e. The molecule has 5 heterocycles. The second-order valence-electron chi connectivity index (χ2n) is 22.8. The summed E-state index contributed by atoms with van der Waals surface area (Å²) in [5.41, 5.74) is 6.09. The van der Waals surface area contributed by atoms with E-state index in [1.165, 1.54) is 11.2 Å². The van der Waals surface area contributed by atoms with Gasteiger partial charge in [-0.2, -0.15) is 4.98 Å². The lowest BCUT2D eigenvalue weighted by Crippen LogP contribution is -2.57. The highest BCUT2D eigenvalue weighted by atomic mass is 32.2. The number of methoxy groups -OCH3 is 1. The van der Waals surface area contributed by atoms with Crippen LogP contribution in [0.5, 0.6) is 5.75 Å². The first-order valence-electron chi connectivity index (χ1n) is 29.1. The van der Waals surface area contributed by atoms with Crippen LogP contribution in [0.4, 0.5) is 29.0 Å². The summed E-state index contributed by atoms with van der Waals surface area (Å²) in [6, 6.07) is 19.1. The minimum absolute atomic E-state index is 0.0103. The van der Waals surface area contributed by atoms with Gasteiger partial charge in [0.25, 0.3) is 0 Å². The second-order valence-corrected chi connectivity index (χ2v) is 26.1. The molecule has 0 saturated carbocycles. The van der Waals surface area contributed by atoms with E-state index in [-0.39, 0.29) is 80.3 Å². The van der Waals surface area contributed by atoms with E-state index in [9.17, 15) is 32.7 Å². The Hall–Kier alpha value is -6.87. The van der Waals surface area contributed by atoms with Crippen LogP contribution >= 0.6 is 11.3 Å². The third-order valence-electron chi connectivity index (χ3n) is 15.5. The van der Waals surface area contributed by atoms with E-state index >= 15 is 0 Å². The summed E-state index contributed by atoms with van der Waals surface area (Å²) < 4.78 is 48.8. The average molecular weight is 1210 g/mol. The van der Waals surface area contributed by atoms with E-state index < -0.39 is 44.6 Å². The first-order valence-corrected chi connectivity index (χ1v) is 31.5. The molecule has 460 valence electrons. The van der Waals surface area contributed by atoms with E-state index in [2.05, 4.69) is 51.0 Å². The lowest BCUT2D eigenvalue weighted by molar-refractivity contribution is -0.144. The number of hydrogen-bond acceptors (Lipinski definition) is 20. The minimum atomic E-state index is -3.56. The molecule has 85 heavy (non-hydrogen) atoms. The molecule has 5 aromatic rings. The highest BCUT2D eigenvalue weighted by molar-refractivity contribution is 7.92. The van der Waals surface area contributed by atoms with Gasteiger partial charge in [0.2, 0.25) is 35.5 Å². The molecule has 23 nitrogen and oxygen atoms in total. The van der Waals surface area contributed by atoms with Gasteiger partial charge in [-0.1, -0.05) is 57.2 Å². The molecule has 0 bridgehead atoms. The number of hydrogen-bond donors (Lipinski definition) is 5. The number of rotatable bonds is 27. The first kappa shape index (κ1) is 64.1. The number of piperidine rings is 1. The number of anilines is 5. The van der Waals surface area contributed by atoms with Gasteiger partial charge in [-0.05, 0) is 74.4 Å². The summed E-state index contributed by atoms with van der Waals surface area (Å²) >= 11 is 1.57. The number of likely N-dealkylation sites (tertiary alicyclic amines) is 1. The minimum Gasteiger partial charge on any atom is -0.494 e. The molecule has 25 heteroatoms. The van der Waals surface area contributed by atoms with E-state index in [4.69, 9.17) is 18.9 Å². The maximum atomic E-state index is 14.0. The monoisotopic (exact) mass is 1210 g/mol. The number of benzene rings is 3. The van der Waals surface area contributed by atoms with Crippen molar-refractivity contribution in [2.75, 3.05) is 108 Å². The molecule has 3 atom stereocenters. The van der Waals surface area contributed by atoms with Crippen molar-refractivity contribution < 1.29 is 51.6 Å². The van der Waals surface area contributed by atoms with Gasteiger partial charge in [-0.25, -0.2) is 23.4 Å². The summed E-state index contributed by atoms with van der Waals surface area (Å²) in [6.45, 7) is 17.3. The normalized spacial score (nSPS) is 17.4. The number of para-hydroxylation sites is 1. The lowest BCUT2D eigenvalue weighted by Gasteiger charge is -2.43. The van der Waals surface area contributed by atoms with Gasteiger partial charge in [0, 0.05) is 83.0 Å². The molecular formula is C60H82N12O11S2. The molecule has 3 saturated heterocycles. The summed E-state index contributed by atoms with van der Waals surface area (Å²) in [6.07, 6.45) is 2.85. The molecular weight excluding hydrogens is 1130 g/mol. The van der Waals surface area contributed by atoms with Crippen LogP contribution in [0.15, 0.2) is 83.5 Å². The fourth-order valence-corrected chi connectivity index (χ4v) is 12.6. The molecule has 2 aromatic heterocycles. The Morgan fingerprint density at radius 2 is 1.45 bits per heavy atom. The van der Waals surface area contributed by atoms with Crippen molar-refractivity contribution in [1.82, 2.24) is 45.3 Å². The third kappa shape index (κ3) is 17.4. The molecule has 0 aliphatic carbocycles. The van der Waals surface area contributed by atoms with Gasteiger partial charge in [0.05, 0.1) is 96.9 Å². The number of aliphatic hydroxyl groups excluding tert-OH is 1. The van der Waals surface area contributed by atoms with Crippen molar-refractivity contribution in [2.24, 2.45) is 5.41 Å². The molecule has 0 spiro atoms. The number of thiazole rings is 1. The lowest BCUT2D eigenvalue weighted by atomic mass is 9.85. The fraction of sp³-hybridized carbons (Fsp3) is 0.533. The molecule has 3 aliphatic heterocycles. The summed E-state index contributed by atoms with van der Waals surface area (Å²) in [5.74, 6) is -0.0458. The highest BCUT2D eigenvalue weighted by Crippen LogP contribution is 2.35. The van der Waals surface area contributed by atoms with Gasteiger partial charge >= 0.3 is 0 Å². The number of aromatic nitrogens is 4. The Morgan fingerprint density at radius 1 is 0.800 bits per heavy atom. The SMILES string of the molecule is COc1cc(N2CCC(N3CCN(C(=O)CCOCCOCCOCCC(=O)N[C@H](C(=O)N4C[C@H](O)C[C@H]4C(=O)NCc4ccc(-c5scnc5C)cc4)C(C)(C)C)CC3)CC2)ccc1Nc1ncnc(Nc2ccccc2S(=O)(=O)C(C)C)n1. The molecule has 5 N–H and O–H groups in total. The maximum absolute atomic E-state index is 14.0. The molecule has 8 rings (SSSR count). The van der Waals surface area contributed by atoms with Gasteiger partial charge < -0.3 is 60.0 Å². The number of aliphatic hydroxyl groups is 1. The van der Waals surface area contributed by atoms with E-state index in [1.54, 1.807) is 56.6 Å². The summed E-state index contributed by atoms with van der Waals surface area (Å²) in [7, 11) is -1.94. The molecule has 3 aromatic carbocycles. The summed E-state index contributed by atoms with van der Waals surface area (Å²) in [5, 5.41) is 22.0. The highest BCUT2D eigenvalue weighted by Gasteiger charge is 2.44. The third-order valence-corrected chi connectivity index (χ3v) is 18.7. The number of sulfone groups is 1. The number of carbonyl (C=O) groups excluding carboxylic acids is 4. The van der Waals surface area contributed by atoms with Crippen LogP contribution in [0.1, 0.15) is 78.0 Å². The predicted octanol–water partition coefficient (Wildman–Crippen LogP) is 5.73. The van der Waals surface area contributed by atoms with Crippen molar-refractivity contribution in [1.29, 1.82) is 0 Å². The van der Waals surface area contributed by atoms with Crippen LogP contribution < -0.4 is 30.9 Å². The van der Waals surface area contributed by atoms with Gasteiger partial charge in [-0.15, -0.1) is 11.3 Å². The number of nitrogens with one attached hydrogen (secondary N) is 4. The Labute approximate surface area is 502 Å². The summed E-state index contributed by atoms with van der Waals surface area (Å²) in [4.78, 5) is 80.4. The Balaban J connectivity index is 0.662. The Kier molecular flexibility index (Phi) is 22.6. The number of amides is 4. The van der Waals surface area contributed by atoms with Crippen molar-refractivity contribution in [3.63, 3.8) is 0 Å². The number of nitrogens with zero attached hydrogens (tertiary/aromatic N) is 8. The number of carbonyl (C=O) groups is 4. The number of piperazine rings is 1. The van der Waals surface area contributed by atoms with Crippen molar-refractivity contribution in [2.45, 2.75) is 115 Å². The second kappa shape index (κ2) is 30.0. The van der Waals surface area contributed by atoms with Crippen LogP contribution in [-0.2, 0) is 49.8 Å². The standard InChI is InChI=1S/C60H82N12O11S2/c1-40(2)85(78,79)51-11-9-8-10-48(51)66-59-63-38-62-58(68-59)65-47-17-16-45(34-50(47)80-7)69-22-18-44(19-23-69)70-24-26-71(27-25-70)53(75)21-29-82-31-33-83-32-30-81-28-20-52(74)67-55(60(4,5)6)57(77)72-37-46(73)35-49(72)56(76)61-36-42-12-14-43(15-13-42)54-41(3)64-39-84-54/h8-17,34,38-40,44,46,49,55,73H,18-33,35-37H2,1-7H3,(H,61,76)(H,67,74)(H2,62,63,65,66,68)/t46-,49+,55-/m1/s1. The van der Waals surface area contributed by atoms with Crippen LogP contribution in [0, 0.1) is 12.3 Å². The van der Waals surface area contributed by atoms with Crippen LogP contribution in [-0.4, -0.2) is 194 Å². The topological polar surface area (TPSA) is 272 Å². The quantitative estimate of drug-likeness (QED) is 0.0393. The van der Waals surface area contributed by atoms with Crippen molar-refractivity contribution in [3.05, 3.63) is 89.8 Å². The van der Waals surface area contributed by atoms with Gasteiger partial charge in [0.15, 0.2) is 9.84 Å². The zero-order chi connectivity index (χ0) is 60.7. The fourth-order valence-electron chi connectivity index (χ4n) is 10.6. The van der Waals surface area contributed by atoms with Gasteiger partial charge in [0.1, 0.15) is 24.2 Å². The van der Waals surface area contributed by atoms with E-state index in [0.29, 0.717) is 62.5 Å². The zero-order valence-electron chi connectivity index (χ0n) is 49.8. The Bertz CT molecular complexity index is 3150. The number of aryl methyl sites for hydroxylation is 1. The largest absolute Gasteiger partial charge is 0.494 e. The number of ether oxygens (including phenoxy) is 4. The van der Waals surface area contributed by atoms with Crippen LogP contribution in [0.25, 0.3) is 10.4 Å². The molecule has 3 fully saturated rings. The first-order chi connectivity index (χ1) is 40.8. The van der Waals surface area contributed by atoms with Crippen molar-refractivity contribution >= 4 is 73.8 Å². The molecule has 0 unspecified atom stereocenters. The van der Waals surface area contributed by atoms with Gasteiger partial charge in [-0.3, -0.25) is 24.1 Å². The smallest absolute Gasteiger partial charge is 0.246 e. The molecule has 4 amide bonds. The van der Waals surface area contributed by atoms with Crippen LogP contribution in [0.3, 0.4) is 0 Å². The van der Waals surface area contributed by atoms with E-state index in [1.807, 2.05) is 80.6 Å². The van der Waals surface area contributed by atoms with E-state index in [0.717, 1.165) is 66.4 Å². The molecule has 0 radical (unpaired) electrons. The average Bonchev–Trinajstić information content (AvgIpc) is 3.27. The zero-order valence-corrected chi connectivity index (χ0v) is 51.4. The predicted molar refractivity (Wildman–Crippen MR) is 325 cm³/mol. The van der Waals surface area contributed by atoms with Crippen molar-refractivity contribution in [3.8, 4) is 16.2 Å². The Morgan fingerprint density at radius 3 is 2.08 bits per heavy atom. The number of β-amino-alcohol motifs (C(OH)–C–C–N with tert-alkyl or cyclic N) is 1. The van der Waals surface area contributed by atoms with Crippen LogP contribution in [0.2, 0.25) is 0 Å².